The number of benzene rings is 1. The Morgan fingerprint density at radius 1 is 1.15 bits per heavy atom. The second-order valence-corrected chi connectivity index (χ2v) is 6.40. The van der Waals surface area contributed by atoms with Crippen LogP contribution in [-0.2, 0) is 6.54 Å². The van der Waals surface area contributed by atoms with E-state index < -0.39 is 0 Å². The molecule has 140 valence electrons. The molecule has 7 heteroatoms. The Hall–Kier alpha value is -2.18. The average Bonchev–Trinajstić information content (AvgIpc) is 3.21. The number of furan rings is 1. The molecular weight excluding hydrogens is 356 g/mol. The van der Waals surface area contributed by atoms with Crippen molar-refractivity contribution in [3.63, 3.8) is 0 Å². The normalized spacial score (nSPS) is 16.8. The lowest BCUT2D eigenvalue weighted by molar-refractivity contribution is 0.0704. The van der Waals surface area contributed by atoms with Gasteiger partial charge in [-0.3, -0.25) is 4.79 Å². The van der Waals surface area contributed by atoms with Crippen molar-refractivity contribution in [2.75, 3.05) is 26.3 Å². The molecule has 0 spiro atoms. The minimum Gasteiger partial charge on any atom is -0.486 e. The first-order valence-electron chi connectivity index (χ1n) is 8.73. The van der Waals surface area contributed by atoms with E-state index in [2.05, 4.69) is 11.4 Å². The molecule has 0 radical (unpaired) electrons. The van der Waals surface area contributed by atoms with Crippen LogP contribution in [0.1, 0.15) is 28.8 Å². The van der Waals surface area contributed by atoms with Gasteiger partial charge in [-0.1, -0.05) is 12.1 Å². The molecule has 2 aromatic rings. The molecule has 0 atom stereocenters. The number of carbonyl (C=O) groups excluding carboxylic acids is 1. The zero-order valence-corrected chi connectivity index (χ0v) is 15.3. The molecule has 0 unspecified atom stereocenters. The van der Waals surface area contributed by atoms with Crippen LogP contribution in [0.2, 0.25) is 0 Å². The molecule has 6 nitrogen and oxygen atoms in total. The minimum atomic E-state index is 0. The van der Waals surface area contributed by atoms with Crippen LogP contribution >= 0.6 is 12.4 Å². The number of likely N-dealkylation sites (tertiary alicyclic amines) is 1. The minimum absolute atomic E-state index is 0. The van der Waals surface area contributed by atoms with Crippen molar-refractivity contribution in [3.05, 3.63) is 47.9 Å². The lowest BCUT2D eigenvalue weighted by Gasteiger charge is -2.32. The van der Waals surface area contributed by atoms with Crippen molar-refractivity contribution in [2.24, 2.45) is 0 Å². The maximum absolute atomic E-state index is 12.3. The summed E-state index contributed by atoms with van der Waals surface area (Å²) < 4.78 is 16.4. The molecule has 2 aliphatic heterocycles. The number of ether oxygens (including phenoxy) is 2. The zero-order valence-electron chi connectivity index (χ0n) is 14.5. The number of carbonyl (C=O) groups is 1. The third kappa shape index (κ3) is 3.97. The van der Waals surface area contributed by atoms with Crippen LogP contribution in [0.5, 0.6) is 11.5 Å². The number of rotatable bonds is 4. The van der Waals surface area contributed by atoms with Gasteiger partial charge in [-0.05, 0) is 25.0 Å². The van der Waals surface area contributed by atoms with Gasteiger partial charge in [0.1, 0.15) is 19.5 Å². The lowest BCUT2D eigenvalue weighted by atomic mass is 10.0. The van der Waals surface area contributed by atoms with E-state index in [4.69, 9.17) is 13.9 Å². The number of nitrogens with zero attached hydrogens (tertiary/aromatic N) is 1. The highest BCUT2D eigenvalue weighted by atomic mass is 35.5. The number of para-hydroxylation sites is 1. The number of hydrogen-bond acceptors (Lipinski definition) is 5. The number of fused-ring (bicyclic) bond motifs is 1. The fourth-order valence-electron chi connectivity index (χ4n) is 3.38. The van der Waals surface area contributed by atoms with Gasteiger partial charge in [0, 0.05) is 31.2 Å². The fourth-order valence-corrected chi connectivity index (χ4v) is 3.38. The first kappa shape index (κ1) is 18.6. The molecule has 0 bridgehead atoms. The van der Waals surface area contributed by atoms with Gasteiger partial charge < -0.3 is 24.1 Å². The summed E-state index contributed by atoms with van der Waals surface area (Å²) in [5.41, 5.74) is 1.74. The van der Waals surface area contributed by atoms with Crippen LogP contribution < -0.4 is 14.8 Å². The summed E-state index contributed by atoms with van der Waals surface area (Å²) in [7, 11) is 0. The van der Waals surface area contributed by atoms with E-state index in [-0.39, 0.29) is 18.3 Å². The summed E-state index contributed by atoms with van der Waals surface area (Å²) in [6, 6.07) is 8.12. The van der Waals surface area contributed by atoms with Crippen LogP contribution in [0.4, 0.5) is 0 Å². The summed E-state index contributed by atoms with van der Waals surface area (Å²) in [6.07, 6.45) is 4.92. The number of nitrogens with one attached hydrogen (secondary N) is 1. The third-order valence-corrected chi connectivity index (χ3v) is 4.78. The summed E-state index contributed by atoms with van der Waals surface area (Å²) in [4.78, 5) is 14.2. The summed E-state index contributed by atoms with van der Waals surface area (Å²) >= 11 is 0. The fraction of sp³-hybridized carbons (Fsp3) is 0.421. The number of halogens is 1. The SMILES string of the molecule is Cl.O=C(c1ccoc1)N1CCC(NCc2cccc3c2OCCO3)CC1. The molecule has 3 heterocycles. The Morgan fingerprint density at radius 2 is 1.96 bits per heavy atom. The second-order valence-electron chi connectivity index (χ2n) is 6.40. The first-order chi connectivity index (χ1) is 12.3. The Kier molecular flexibility index (Phi) is 6.06. The van der Waals surface area contributed by atoms with Crippen molar-refractivity contribution in [1.82, 2.24) is 10.2 Å². The van der Waals surface area contributed by atoms with Crippen molar-refractivity contribution in [1.29, 1.82) is 0 Å². The Bertz CT molecular complexity index is 727. The lowest BCUT2D eigenvalue weighted by Crippen LogP contribution is -2.44. The largest absolute Gasteiger partial charge is 0.486 e. The number of hydrogen-bond donors (Lipinski definition) is 1. The number of amides is 1. The maximum Gasteiger partial charge on any atom is 0.257 e. The molecule has 1 saturated heterocycles. The molecule has 1 fully saturated rings. The van der Waals surface area contributed by atoms with E-state index in [1.807, 2.05) is 17.0 Å². The topological polar surface area (TPSA) is 63.9 Å². The van der Waals surface area contributed by atoms with Gasteiger partial charge in [-0.25, -0.2) is 0 Å². The molecule has 1 amide bonds. The second kappa shape index (κ2) is 8.47. The van der Waals surface area contributed by atoms with Crippen LogP contribution in [0.15, 0.2) is 41.2 Å². The zero-order chi connectivity index (χ0) is 17.1. The van der Waals surface area contributed by atoms with Crippen LogP contribution in [0.25, 0.3) is 0 Å². The predicted octanol–water partition coefficient (Wildman–Crippen LogP) is 2.87. The van der Waals surface area contributed by atoms with Gasteiger partial charge >= 0.3 is 0 Å². The van der Waals surface area contributed by atoms with E-state index in [1.165, 1.54) is 12.5 Å². The highest BCUT2D eigenvalue weighted by Gasteiger charge is 2.24. The van der Waals surface area contributed by atoms with E-state index in [1.54, 1.807) is 6.07 Å². The molecular formula is C19H23ClN2O4. The maximum atomic E-state index is 12.3. The molecule has 26 heavy (non-hydrogen) atoms. The Balaban J connectivity index is 0.00000196. The van der Waals surface area contributed by atoms with Crippen molar-refractivity contribution in [2.45, 2.75) is 25.4 Å². The number of piperidine rings is 1. The van der Waals surface area contributed by atoms with Gasteiger partial charge in [-0.15, -0.1) is 12.4 Å². The Morgan fingerprint density at radius 3 is 2.73 bits per heavy atom. The highest BCUT2D eigenvalue weighted by molar-refractivity contribution is 5.93. The third-order valence-electron chi connectivity index (χ3n) is 4.78. The van der Waals surface area contributed by atoms with Crippen molar-refractivity contribution in [3.8, 4) is 11.5 Å². The Labute approximate surface area is 158 Å². The quantitative estimate of drug-likeness (QED) is 0.886. The van der Waals surface area contributed by atoms with E-state index >= 15 is 0 Å². The molecule has 1 N–H and O–H groups in total. The van der Waals surface area contributed by atoms with Gasteiger partial charge in [0.05, 0.1) is 11.8 Å². The molecule has 1 aromatic heterocycles. The molecule has 2 aliphatic rings. The smallest absolute Gasteiger partial charge is 0.257 e. The van der Waals surface area contributed by atoms with E-state index in [0.717, 1.165) is 49.5 Å². The standard InChI is InChI=1S/C19H22N2O4.ClH/c22-19(15-6-9-23-13-15)21-7-4-16(5-8-21)20-12-14-2-1-3-17-18(14)25-11-10-24-17;/h1-3,6,9,13,16,20H,4-5,7-8,10-12H2;1H. The summed E-state index contributed by atoms with van der Waals surface area (Å²) in [5, 5.41) is 3.59. The summed E-state index contributed by atoms with van der Waals surface area (Å²) in [5.74, 6) is 1.73. The van der Waals surface area contributed by atoms with Gasteiger partial charge in [-0.2, -0.15) is 0 Å². The summed E-state index contributed by atoms with van der Waals surface area (Å²) in [6.45, 7) is 3.46. The van der Waals surface area contributed by atoms with Crippen molar-refractivity contribution >= 4 is 18.3 Å². The van der Waals surface area contributed by atoms with Gasteiger partial charge in [0.15, 0.2) is 11.5 Å². The van der Waals surface area contributed by atoms with Crippen molar-refractivity contribution < 1.29 is 18.7 Å². The molecule has 0 saturated carbocycles. The van der Waals surface area contributed by atoms with Crippen LogP contribution in [-0.4, -0.2) is 43.2 Å². The van der Waals surface area contributed by atoms with Crippen LogP contribution in [0.3, 0.4) is 0 Å². The van der Waals surface area contributed by atoms with Gasteiger partial charge in [0.25, 0.3) is 5.91 Å². The highest BCUT2D eigenvalue weighted by Crippen LogP contribution is 2.33. The molecule has 4 rings (SSSR count). The van der Waals surface area contributed by atoms with E-state index in [9.17, 15) is 4.79 Å². The monoisotopic (exact) mass is 378 g/mol. The molecule has 1 aromatic carbocycles. The van der Waals surface area contributed by atoms with E-state index in [0.29, 0.717) is 24.8 Å². The van der Waals surface area contributed by atoms with Crippen LogP contribution in [0, 0.1) is 0 Å². The average molecular weight is 379 g/mol. The predicted molar refractivity (Wildman–Crippen MR) is 99.2 cm³/mol. The first-order valence-corrected chi connectivity index (χ1v) is 8.73. The van der Waals surface area contributed by atoms with Gasteiger partial charge in [0.2, 0.25) is 0 Å². The molecule has 0 aliphatic carbocycles.